The number of aryl methyl sites for hydroxylation is 4. The zero-order valence-corrected chi connectivity index (χ0v) is 39.6. The first-order valence-electron chi connectivity index (χ1n) is 21.5. The second-order valence-corrected chi connectivity index (χ2v) is 15.0. The van der Waals surface area contributed by atoms with E-state index in [2.05, 4.69) is 42.6 Å². The molecule has 8 N–H and O–H groups in total. The monoisotopic (exact) mass is 947 g/mol. The van der Waals surface area contributed by atoms with E-state index >= 15 is 0 Å². The van der Waals surface area contributed by atoms with Crippen LogP contribution in [-0.2, 0) is 30.9 Å². The Morgan fingerprint density at radius 1 is 0.870 bits per heavy atom. The van der Waals surface area contributed by atoms with Gasteiger partial charge in [-0.05, 0) is 76.9 Å². The quantitative estimate of drug-likeness (QED) is 0.0213. The van der Waals surface area contributed by atoms with Crippen LogP contribution in [0.15, 0.2) is 71.9 Å². The minimum Gasteiger partial charge on any atom is -0.494 e. The Morgan fingerprint density at radius 2 is 1.54 bits per heavy atom. The second-order valence-electron chi connectivity index (χ2n) is 15.0. The van der Waals surface area contributed by atoms with E-state index in [0.29, 0.717) is 70.0 Å². The lowest BCUT2D eigenvalue weighted by molar-refractivity contribution is 0.0593. The number of aromatic nitrogens is 8. The summed E-state index contributed by atoms with van der Waals surface area (Å²) in [6, 6.07) is 9.63. The van der Waals surface area contributed by atoms with Gasteiger partial charge in [0.1, 0.15) is 40.7 Å². The van der Waals surface area contributed by atoms with Crippen LogP contribution in [-0.4, -0.2) is 117 Å². The standard InChI is InChI=1S/C39H47N13O7.C7H10N2O/c1-7-52-29(16-23(2)47-52)37(55)45-22-49(33-27(43-3)17-24(35(41)53)19-30(33)57-5)12-8-9-14-51-34-28(46-39(51)44-4)18-25(36(42)54)20-31(34)59-15-11-10-13-50-21-26(40)32(48-50)38(56)58-6;1-3-9-7(5-10)4-6(2)8-9/h8-11,16-21H,3,7,12-15,22,40H2,1-2,4-6H3,(H2,41,53)(H2,42,54)(H,44,46)(H,45,55);4-5H,3H2,1-2H3/b9-8+,11-10+;. The number of anilines is 3. The highest BCUT2D eigenvalue weighted by molar-refractivity contribution is 5.99. The molecule has 4 aromatic heterocycles. The summed E-state index contributed by atoms with van der Waals surface area (Å²) in [4.78, 5) is 70.7. The number of primary amides is 2. The molecule has 6 rings (SSSR count). The van der Waals surface area contributed by atoms with Crippen molar-refractivity contribution in [3.8, 4) is 11.5 Å². The summed E-state index contributed by atoms with van der Waals surface area (Å²) in [6.45, 7) is 13.4. The Balaban J connectivity index is 0.000000787. The van der Waals surface area contributed by atoms with Crippen LogP contribution in [0.4, 0.5) is 23.0 Å². The number of carbonyl (C=O) groups excluding carboxylic acids is 5. The lowest BCUT2D eigenvalue weighted by Crippen LogP contribution is -2.39. The maximum Gasteiger partial charge on any atom is 0.360 e. The third-order valence-corrected chi connectivity index (χ3v) is 10.3. The maximum atomic E-state index is 13.4. The fraction of sp³-hybridized carbons (Fsp3) is 0.304. The number of rotatable bonds is 22. The van der Waals surface area contributed by atoms with Crippen LogP contribution in [0, 0.1) is 13.8 Å². The highest BCUT2D eigenvalue weighted by Gasteiger charge is 2.22. The molecule has 4 heterocycles. The fourth-order valence-corrected chi connectivity index (χ4v) is 7.11. The number of nitrogen functional groups attached to an aromatic ring is 1. The normalized spacial score (nSPS) is 11.1. The van der Waals surface area contributed by atoms with Crippen LogP contribution in [0.5, 0.6) is 11.5 Å². The number of benzene rings is 2. The van der Waals surface area contributed by atoms with Gasteiger partial charge in [0, 0.05) is 50.6 Å². The number of nitrogens with zero attached hydrogens (tertiary/aromatic N) is 10. The molecule has 0 saturated heterocycles. The number of hydrogen-bond donors (Lipinski definition) is 5. The van der Waals surface area contributed by atoms with Gasteiger partial charge in [0.05, 0.1) is 55.7 Å². The molecule has 3 amide bonds. The highest BCUT2D eigenvalue weighted by atomic mass is 16.5. The van der Waals surface area contributed by atoms with Crippen molar-refractivity contribution in [3.05, 3.63) is 106 Å². The molecular formula is C46H57N15O8. The van der Waals surface area contributed by atoms with E-state index in [0.717, 1.165) is 18.5 Å². The average Bonchev–Trinajstić information content (AvgIpc) is 4.13. The summed E-state index contributed by atoms with van der Waals surface area (Å²) in [5.74, 6) is -1.18. The zero-order valence-electron chi connectivity index (χ0n) is 39.6. The van der Waals surface area contributed by atoms with Crippen LogP contribution in [0.1, 0.15) is 77.4 Å². The SMILES string of the molecule is C=Nc1cc(C(N)=O)cc(OC)c1N(C/C=C/Cn1c(NC)nc2cc(C(N)=O)cc(OC/C=C/Cn3cc(N)c(C(=O)OC)n3)c21)CNC(=O)c1cc(C)nn1CC.CCn1nc(C)cc1C=O. The fourth-order valence-electron chi connectivity index (χ4n) is 7.11. The number of methoxy groups -OCH3 is 2. The van der Waals surface area contributed by atoms with Gasteiger partial charge in [-0.3, -0.25) is 38.2 Å². The minimum absolute atomic E-state index is 0.00328. The molecule has 0 saturated carbocycles. The predicted molar refractivity (Wildman–Crippen MR) is 261 cm³/mol. The smallest absolute Gasteiger partial charge is 0.360 e. The number of nitrogens with one attached hydrogen (secondary N) is 2. The second kappa shape index (κ2) is 23.6. The largest absolute Gasteiger partial charge is 0.494 e. The van der Waals surface area contributed by atoms with Crippen molar-refractivity contribution < 1.29 is 38.2 Å². The van der Waals surface area contributed by atoms with Crippen molar-refractivity contribution in [2.45, 2.75) is 53.9 Å². The van der Waals surface area contributed by atoms with Gasteiger partial charge in [0.25, 0.3) is 5.91 Å². The van der Waals surface area contributed by atoms with Crippen molar-refractivity contribution in [1.82, 2.24) is 44.2 Å². The van der Waals surface area contributed by atoms with Gasteiger partial charge in [-0.15, -0.1) is 0 Å². The van der Waals surface area contributed by atoms with Crippen molar-refractivity contribution in [2.75, 3.05) is 57.0 Å². The van der Waals surface area contributed by atoms with Crippen LogP contribution in [0.25, 0.3) is 11.0 Å². The molecule has 23 heteroatoms. The molecule has 2 aromatic carbocycles. The Morgan fingerprint density at radius 3 is 2.16 bits per heavy atom. The lowest BCUT2D eigenvalue weighted by Gasteiger charge is -2.27. The van der Waals surface area contributed by atoms with Gasteiger partial charge in [-0.25, -0.2) is 9.78 Å². The Labute approximate surface area is 397 Å². The minimum atomic E-state index is -0.673. The summed E-state index contributed by atoms with van der Waals surface area (Å²) < 4.78 is 23.2. The summed E-state index contributed by atoms with van der Waals surface area (Å²) in [6.07, 6.45) is 9.64. The maximum absolute atomic E-state index is 13.4. The Bertz CT molecular complexity index is 2900. The Kier molecular flexibility index (Phi) is 17.5. The third-order valence-electron chi connectivity index (χ3n) is 10.3. The number of fused-ring (bicyclic) bond motifs is 1. The van der Waals surface area contributed by atoms with E-state index in [4.69, 9.17) is 31.4 Å². The first kappa shape index (κ1) is 51.2. The van der Waals surface area contributed by atoms with E-state index in [9.17, 15) is 24.0 Å². The molecule has 0 bridgehead atoms. The van der Waals surface area contributed by atoms with Crippen molar-refractivity contribution >= 4 is 70.7 Å². The van der Waals surface area contributed by atoms with Crippen LogP contribution >= 0.6 is 0 Å². The third kappa shape index (κ3) is 12.4. The van der Waals surface area contributed by atoms with Crippen LogP contribution in [0.3, 0.4) is 0 Å². The van der Waals surface area contributed by atoms with Gasteiger partial charge in [0.2, 0.25) is 17.8 Å². The summed E-state index contributed by atoms with van der Waals surface area (Å²) in [7, 11) is 4.42. The lowest BCUT2D eigenvalue weighted by atomic mass is 10.1. The number of imidazole rings is 1. The van der Waals surface area contributed by atoms with E-state index < -0.39 is 17.8 Å². The topological polar surface area (TPSA) is 302 Å². The molecule has 0 fully saturated rings. The summed E-state index contributed by atoms with van der Waals surface area (Å²) in [5, 5.41) is 18.7. The van der Waals surface area contributed by atoms with E-state index in [-0.39, 0.29) is 54.8 Å². The number of carbonyl (C=O) groups is 5. The number of nitrogens with two attached hydrogens (primary N) is 3. The molecule has 0 atom stereocenters. The van der Waals surface area contributed by atoms with Crippen molar-refractivity contribution in [2.24, 2.45) is 16.5 Å². The zero-order chi connectivity index (χ0) is 50.4. The molecule has 0 aliphatic carbocycles. The molecule has 0 radical (unpaired) electrons. The van der Waals surface area contributed by atoms with Gasteiger partial charge in [-0.1, -0.05) is 18.2 Å². The summed E-state index contributed by atoms with van der Waals surface area (Å²) >= 11 is 0. The van der Waals surface area contributed by atoms with Gasteiger partial charge in [-0.2, -0.15) is 15.3 Å². The number of aliphatic imine (C=N–C) groups is 1. The molecule has 23 nitrogen and oxygen atoms in total. The molecular weight excluding hydrogens is 891 g/mol. The number of ether oxygens (including phenoxy) is 3. The molecule has 0 spiro atoms. The predicted octanol–water partition coefficient (Wildman–Crippen LogP) is 3.82. The number of aldehydes is 1. The van der Waals surface area contributed by atoms with Gasteiger partial charge >= 0.3 is 5.97 Å². The number of amides is 3. The molecule has 0 aliphatic heterocycles. The molecule has 0 unspecified atom stereocenters. The van der Waals surface area contributed by atoms with Crippen LogP contribution < -0.4 is 42.2 Å². The number of hydrogen-bond acceptors (Lipinski definition) is 16. The van der Waals surface area contributed by atoms with E-state index in [1.807, 2.05) is 44.4 Å². The first-order valence-corrected chi connectivity index (χ1v) is 21.5. The van der Waals surface area contributed by atoms with Crippen LogP contribution in [0.2, 0.25) is 0 Å². The molecule has 69 heavy (non-hydrogen) atoms. The molecule has 364 valence electrons. The number of allylic oxidation sites excluding steroid dienone is 2. The molecule has 0 aliphatic rings. The molecule has 6 aromatic rings. The van der Waals surface area contributed by atoms with E-state index in [1.165, 1.54) is 37.2 Å². The van der Waals surface area contributed by atoms with Crippen molar-refractivity contribution in [1.29, 1.82) is 0 Å². The Hall–Kier alpha value is -8.76. The number of esters is 1. The van der Waals surface area contributed by atoms with Gasteiger partial charge in [0.15, 0.2) is 12.0 Å². The first-order chi connectivity index (χ1) is 33.1. The highest BCUT2D eigenvalue weighted by Crippen LogP contribution is 2.39. The van der Waals surface area contributed by atoms with Crippen molar-refractivity contribution in [3.63, 3.8) is 0 Å². The van der Waals surface area contributed by atoms with Gasteiger partial charge < -0.3 is 51.5 Å². The average molecular weight is 948 g/mol. The summed E-state index contributed by atoms with van der Waals surface area (Å²) in [5.41, 5.74) is 22.2. The van der Waals surface area contributed by atoms with E-state index in [1.54, 1.807) is 57.7 Å².